The Labute approximate surface area is 160 Å². The minimum Gasteiger partial charge on any atom is -0.368 e. The van der Waals surface area contributed by atoms with Gasteiger partial charge in [0.25, 0.3) is 5.91 Å². The molecule has 0 fully saturated rings. The van der Waals surface area contributed by atoms with Crippen LogP contribution in [0.25, 0.3) is 17.0 Å². The lowest BCUT2D eigenvalue weighted by Crippen LogP contribution is -2.17. The largest absolute Gasteiger partial charge is 0.368 e. The van der Waals surface area contributed by atoms with Crippen LogP contribution in [-0.4, -0.2) is 16.4 Å². The molecule has 1 heterocycles. The molecule has 0 aliphatic rings. The third-order valence-electron chi connectivity index (χ3n) is 3.91. The van der Waals surface area contributed by atoms with Gasteiger partial charge in [0.15, 0.2) is 0 Å². The second-order valence-corrected chi connectivity index (χ2v) is 6.26. The molecule has 3 N–H and O–H groups in total. The number of benzene rings is 2. The number of amides is 2. The summed E-state index contributed by atoms with van der Waals surface area (Å²) in [5, 5.41) is 13.4. The van der Waals surface area contributed by atoms with E-state index in [2.05, 4.69) is 5.32 Å². The highest BCUT2D eigenvalue weighted by Crippen LogP contribution is 2.24. The molecule has 7 heteroatoms. The zero-order chi connectivity index (χ0) is 19.4. The van der Waals surface area contributed by atoms with Gasteiger partial charge < -0.3 is 15.6 Å². The van der Waals surface area contributed by atoms with E-state index in [0.717, 1.165) is 10.9 Å². The van der Waals surface area contributed by atoms with Gasteiger partial charge in [-0.1, -0.05) is 29.8 Å². The van der Waals surface area contributed by atoms with Gasteiger partial charge in [-0.2, -0.15) is 5.26 Å². The fourth-order valence-electron chi connectivity index (χ4n) is 2.72. The van der Waals surface area contributed by atoms with Crippen LogP contribution in [0.3, 0.4) is 0 Å². The topological polar surface area (TPSA) is 101 Å². The Morgan fingerprint density at radius 1 is 1.19 bits per heavy atom. The Morgan fingerprint density at radius 2 is 1.89 bits per heavy atom. The fraction of sp³-hybridized carbons (Fsp3) is 0.0500. The van der Waals surface area contributed by atoms with Gasteiger partial charge in [0.1, 0.15) is 18.2 Å². The first kappa shape index (κ1) is 18.2. The number of nitrogens with zero attached hydrogens (tertiary/aromatic N) is 2. The highest BCUT2D eigenvalue weighted by molar-refractivity contribution is 6.30. The summed E-state index contributed by atoms with van der Waals surface area (Å²) >= 11 is 5.83. The van der Waals surface area contributed by atoms with Crippen molar-refractivity contribution in [2.45, 2.75) is 6.54 Å². The van der Waals surface area contributed by atoms with Gasteiger partial charge in [0, 0.05) is 33.4 Å². The Hall–Kier alpha value is -3.56. The van der Waals surface area contributed by atoms with Crippen LogP contribution in [0.2, 0.25) is 5.02 Å². The third kappa shape index (κ3) is 4.17. The van der Waals surface area contributed by atoms with Crippen LogP contribution in [0, 0.1) is 11.3 Å². The molecule has 3 aromatic rings. The third-order valence-corrected chi connectivity index (χ3v) is 4.16. The van der Waals surface area contributed by atoms with Crippen LogP contribution in [0.1, 0.15) is 5.56 Å². The summed E-state index contributed by atoms with van der Waals surface area (Å²) in [6.07, 6.45) is 3.19. The molecule has 0 unspecified atom stereocenters. The maximum atomic E-state index is 12.4. The summed E-state index contributed by atoms with van der Waals surface area (Å²) in [7, 11) is 0. The average Bonchev–Trinajstić information content (AvgIpc) is 2.98. The lowest BCUT2D eigenvalue weighted by atomic mass is 10.1. The maximum Gasteiger partial charge on any atom is 0.266 e. The molecule has 1 aromatic heterocycles. The van der Waals surface area contributed by atoms with Crippen molar-refractivity contribution in [3.05, 3.63) is 70.9 Å². The van der Waals surface area contributed by atoms with E-state index in [9.17, 15) is 14.9 Å². The molecule has 2 aromatic carbocycles. The van der Waals surface area contributed by atoms with Gasteiger partial charge in [-0.25, -0.2) is 0 Å². The molecule has 0 radical (unpaired) electrons. The average molecular weight is 379 g/mol. The quantitative estimate of drug-likeness (QED) is 0.526. The number of hydrogen-bond donors (Lipinski definition) is 2. The number of anilines is 1. The van der Waals surface area contributed by atoms with Gasteiger partial charge in [0.2, 0.25) is 5.91 Å². The number of para-hydroxylation sites is 1. The van der Waals surface area contributed by atoms with E-state index >= 15 is 0 Å². The summed E-state index contributed by atoms with van der Waals surface area (Å²) < 4.78 is 1.69. The first-order chi connectivity index (χ1) is 13.0. The van der Waals surface area contributed by atoms with Crippen molar-refractivity contribution in [3.8, 4) is 6.07 Å². The molecular weight excluding hydrogens is 364 g/mol. The van der Waals surface area contributed by atoms with Crippen molar-refractivity contribution in [1.82, 2.24) is 4.57 Å². The number of rotatable bonds is 5. The number of primary amides is 1. The molecule has 3 rings (SSSR count). The number of carbonyl (C=O) groups is 2. The molecule has 0 saturated heterocycles. The molecule has 134 valence electrons. The monoisotopic (exact) mass is 378 g/mol. The summed E-state index contributed by atoms with van der Waals surface area (Å²) in [5.74, 6) is -1.01. The van der Waals surface area contributed by atoms with Crippen LogP contribution < -0.4 is 11.1 Å². The molecular formula is C20H15ClN4O2. The fourth-order valence-corrected chi connectivity index (χ4v) is 2.85. The Bertz CT molecular complexity index is 1090. The molecule has 27 heavy (non-hydrogen) atoms. The predicted octanol–water partition coefficient (Wildman–Crippen LogP) is 3.33. The number of fused-ring (bicyclic) bond motifs is 1. The van der Waals surface area contributed by atoms with E-state index in [4.69, 9.17) is 17.3 Å². The van der Waals surface area contributed by atoms with Crippen molar-refractivity contribution in [3.63, 3.8) is 0 Å². The van der Waals surface area contributed by atoms with Crippen molar-refractivity contribution in [1.29, 1.82) is 5.26 Å². The van der Waals surface area contributed by atoms with Gasteiger partial charge >= 0.3 is 0 Å². The van der Waals surface area contributed by atoms with E-state index in [1.165, 1.54) is 6.08 Å². The van der Waals surface area contributed by atoms with E-state index < -0.39 is 11.8 Å². The minimum absolute atomic E-state index is 0.00715. The van der Waals surface area contributed by atoms with Crippen LogP contribution in [0.15, 0.2) is 60.3 Å². The number of carbonyl (C=O) groups excluding carboxylic acids is 2. The van der Waals surface area contributed by atoms with Crippen molar-refractivity contribution >= 4 is 46.1 Å². The summed E-state index contributed by atoms with van der Waals surface area (Å²) in [6, 6.07) is 15.9. The zero-order valence-corrected chi connectivity index (χ0v) is 14.9. The van der Waals surface area contributed by atoms with Crippen molar-refractivity contribution in [2.75, 3.05) is 5.32 Å². The molecule has 0 aliphatic heterocycles. The number of nitrogens with two attached hydrogens (primary N) is 1. The number of aromatic nitrogens is 1. The van der Waals surface area contributed by atoms with Gasteiger partial charge in [-0.15, -0.1) is 0 Å². The van der Waals surface area contributed by atoms with Crippen LogP contribution in [0.4, 0.5) is 5.69 Å². The zero-order valence-electron chi connectivity index (χ0n) is 14.1. The Kier molecular flexibility index (Phi) is 5.25. The second-order valence-electron chi connectivity index (χ2n) is 5.83. The highest BCUT2D eigenvalue weighted by atomic mass is 35.5. The minimum atomic E-state index is -0.536. The SMILES string of the molecule is N#C/C(=C\c1cn(CC(N)=O)c2ccccc12)C(=O)Nc1ccc(Cl)cc1. The lowest BCUT2D eigenvalue weighted by Gasteiger charge is -2.04. The normalized spacial score (nSPS) is 11.2. The summed E-state index contributed by atoms with van der Waals surface area (Å²) in [4.78, 5) is 23.7. The van der Waals surface area contributed by atoms with Crippen molar-refractivity contribution < 1.29 is 9.59 Å². The summed E-state index contributed by atoms with van der Waals surface area (Å²) in [5.41, 5.74) is 7.20. The molecule has 6 nitrogen and oxygen atoms in total. The molecule has 0 saturated carbocycles. The molecule has 0 bridgehead atoms. The van der Waals surface area contributed by atoms with E-state index in [0.29, 0.717) is 16.3 Å². The first-order valence-corrected chi connectivity index (χ1v) is 8.40. The van der Waals surface area contributed by atoms with Crippen LogP contribution in [0.5, 0.6) is 0 Å². The number of nitrogens with one attached hydrogen (secondary N) is 1. The Morgan fingerprint density at radius 3 is 2.56 bits per heavy atom. The predicted molar refractivity (Wildman–Crippen MR) is 105 cm³/mol. The lowest BCUT2D eigenvalue weighted by molar-refractivity contribution is -0.118. The first-order valence-electron chi connectivity index (χ1n) is 8.03. The van der Waals surface area contributed by atoms with Crippen molar-refractivity contribution in [2.24, 2.45) is 5.73 Å². The van der Waals surface area contributed by atoms with E-state index in [-0.39, 0.29) is 12.1 Å². The number of nitriles is 1. The molecule has 0 atom stereocenters. The van der Waals surface area contributed by atoms with Gasteiger partial charge in [-0.3, -0.25) is 9.59 Å². The summed E-state index contributed by atoms with van der Waals surface area (Å²) in [6.45, 7) is 0.00715. The van der Waals surface area contributed by atoms with Crippen LogP contribution in [-0.2, 0) is 16.1 Å². The van der Waals surface area contributed by atoms with E-state index in [1.54, 1.807) is 35.0 Å². The number of hydrogen-bond acceptors (Lipinski definition) is 3. The highest BCUT2D eigenvalue weighted by Gasteiger charge is 2.13. The molecule has 2 amide bonds. The smallest absolute Gasteiger partial charge is 0.266 e. The van der Waals surface area contributed by atoms with Gasteiger partial charge in [-0.05, 0) is 36.4 Å². The molecule has 0 aliphatic carbocycles. The van der Waals surface area contributed by atoms with Crippen LogP contribution >= 0.6 is 11.6 Å². The Balaban J connectivity index is 1.95. The second kappa shape index (κ2) is 7.77. The molecule has 0 spiro atoms. The standard InChI is InChI=1S/C20H15ClN4O2/c21-15-5-7-16(8-6-15)24-20(27)13(10-22)9-14-11-25(12-19(23)26)18-4-2-1-3-17(14)18/h1-9,11H,12H2,(H2,23,26)(H,24,27)/b13-9+. The van der Waals surface area contributed by atoms with Gasteiger partial charge in [0.05, 0.1) is 0 Å². The van der Waals surface area contributed by atoms with E-state index in [1.807, 2.05) is 30.3 Å². The maximum absolute atomic E-state index is 12.4. The number of halogens is 1.